The van der Waals surface area contributed by atoms with Crippen LogP contribution in [0.5, 0.6) is 5.75 Å². The second-order valence-corrected chi connectivity index (χ2v) is 8.29. The number of benzene rings is 1. The van der Waals surface area contributed by atoms with Crippen molar-refractivity contribution in [2.75, 3.05) is 31.6 Å². The molecule has 0 spiro atoms. The van der Waals surface area contributed by atoms with E-state index in [0.717, 1.165) is 0 Å². The molecule has 0 saturated heterocycles. The van der Waals surface area contributed by atoms with Gasteiger partial charge in [-0.3, -0.25) is 9.79 Å². The molecule has 0 bridgehead atoms. The standard InChI is InChI=1S/C17H28N4O4S.HI/c1-4-18-17(21-13(2)9-12-26(3,24)25)20-11-10-19-16(23)14-5-7-15(22)8-6-14;/h5-8,13,22H,4,9-12H2,1-3H3,(H,19,23)(H2,18,20,21);1H. The van der Waals surface area contributed by atoms with Crippen LogP contribution in [0.3, 0.4) is 0 Å². The van der Waals surface area contributed by atoms with Crippen LogP contribution in [0.1, 0.15) is 30.6 Å². The van der Waals surface area contributed by atoms with E-state index >= 15 is 0 Å². The molecule has 0 saturated carbocycles. The Morgan fingerprint density at radius 3 is 2.41 bits per heavy atom. The summed E-state index contributed by atoms with van der Waals surface area (Å²) in [6, 6.07) is 5.96. The molecular weight excluding hydrogens is 483 g/mol. The van der Waals surface area contributed by atoms with E-state index in [1.165, 1.54) is 18.4 Å². The number of halogens is 1. The summed E-state index contributed by atoms with van der Waals surface area (Å²) in [5.74, 6) is 0.563. The number of rotatable bonds is 9. The molecule has 8 nitrogen and oxygen atoms in total. The summed E-state index contributed by atoms with van der Waals surface area (Å²) in [7, 11) is -2.99. The van der Waals surface area contributed by atoms with Crippen molar-refractivity contribution in [1.29, 1.82) is 0 Å². The fraction of sp³-hybridized carbons (Fsp3) is 0.529. The van der Waals surface area contributed by atoms with Crippen molar-refractivity contribution >= 4 is 45.7 Å². The Labute approximate surface area is 178 Å². The van der Waals surface area contributed by atoms with Gasteiger partial charge in [-0.1, -0.05) is 0 Å². The van der Waals surface area contributed by atoms with Gasteiger partial charge in [0.25, 0.3) is 5.91 Å². The highest BCUT2D eigenvalue weighted by atomic mass is 127. The first-order chi connectivity index (χ1) is 12.2. The van der Waals surface area contributed by atoms with Crippen molar-refractivity contribution in [3.63, 3.8) is 0 Å². The van der Waals surface area contributed by atoms with Gasteiger partial charge in [0.05, 0.1) is 12.3 Å². The molecule has 0 aromatic heterocycles. The van der Waals surface area contributed by atoms with Crippen molar-refractivity contribution in [3.05, 3.63) is 29.8 Å². The SMILES string of the molecule is CCNC(=NCCNC(=O)c1ccc(O)cc1)NC(C)CCS(C)(=O)=O.I. The van der Waals surface area contributed by atoms with Gasteiger partial charge in [0, 0.05) is 31.0 Å². The number of phenols is 1. The molecule has 10 heteroatoms. The first-order valence-electron chi connectivity index (χ1n) is 8.51. The maximum Gasteiger partial charge on any atom is 0.251 e. The molecule has 0 radical (unpaired) electrons. The number of carbonyl (C=O) groups excluding carboxylic acids is 1. The van der Waals surface area contributed by atoms with Gasteiger partial charge in [0.2, 0.25) is 0 Å². The highest BCUT2D eigenvalue weighted by Gasteiger charge is 2.09. The second-order valence-electron chi connectivity index (χ2n) is 6.03. The molecule has 1 aromatic rings. The molecule has 0 aliphatic rings. The van der Waals surface area contributed by atoms with Gasteiger partial charge in [-0.2, -0.15) is 0 Å². The molecule has 27 heavy (non-hydrogen) atoms. The molecule has 4 N–H and O–H groups in total. The first-order valence-corrected chi connectivity index (χ1v) is 10.6. The van der Waals surface area contributed by atoms with Crippen LogP contribution in [-0.2, 0) is 9.84 Å². The average Bonchev–Trinajstić information content (AvgIpc) is 2.57. The van der Waals surface area contributed by atoms with E-state index in [9.17, 15) is 18.3 Å². The molecule has 1 rings (SSSR count). The van der Waals surface area contributed by atoms with E-state index < -0.39 is 9.84 Å². The minimum Gasteiger partial charge on any atom is -0.508 e. The van der Waals surface area contributed by atoms with E-state index in [1.807, 2.05) is 13.8 Å². The van der Waals surface area contributed by atoms with Crippen molar-refractivity contribution in [2.24, 2.45) is 4.99 Å². The van der Waals surface area contributed by atoms with Crippen molar-refractivity contribution in [1.82, 2.24) is 16.0 Å². The quantitative estimate of drug-likeness (QED) is 0.170. The molecular formula is C17H29IN4O4S. The zero-order valence-corrected chi connectivity index (χ0v) is 19.0. The topological polar surface area (TPSA) is 120 Å². The largest absolute Gasteiger partial charge is 0.508 e. The van der Waals surface area contributed by atoms with E-state index in [1.54, 1.807) is 12.1 Å². The van der Waals surface area contributed by atoms with E-state index in [4.69, 9.17) is 0 Å². The van der Waals surface area contributed by atoms with Gasteiger partial charge in [-0.05, 0) is 44.5 Å². The van der Waals surface area contributed by atoms with E-state index in [-0.39, 0.29) is 47.4 Å². The Morgan fingerprint density at radius 2 is 1.85 bits per heavy atom. The second kappa shape index (κ2) is 12.8. The number of aromatic hydroxyl groups is 1. The third-order valence-electron chi connectivity index (χ3n) is 3.45. The molecule has 0 aliphatic heterocycles. The summed E-state index contributed by atoms with van der Waals surface area (Å²) in [6.45, 7) is 5.23. The van der Waals surface area contributed by atoms with Gasteiger partial charge in [-0.15, -0.1) is 24.0 Å². The molecule has 0 fully saturated rings. The van der Waals surface area contributed by atoms with Gasteiger partial charge in [0.1, 0.15) is 15.6 Å². The zero-order valence-electron chi connectivity index (χ0n) is 15.9. The molecule has 1 amide bonds. The lowest BCUT2D eigenvalue weighted by molar-refractivity contribution is 0.0955. The molecule has 154 valence electrons. The number of aliphatic imine (C=N–C) groups is 1. The Kier molecular flexibility index (Phi) is 12.0. The van der Waals surface area contributed by atoms with Gasteiger partial charge in [0.15, 0.2) is 5.96 Å². The monoisotopic (exact) mass is 512 g/mol. The highest BCUT2D eigenvalue weighted by Crippen LogP contribution is 2.09. The van der Waals surface area contributed by atoms with Gasteiger partial charge < -0.3 is 21.1 Å². The van der Waals surface area contributed by atoms with Crippen molar-refractivity contribution in [3.8, 4) is 5.75 Å². The number of carbonyl (C=O) groups is 1. The average molecular weight is 512 g/mol. The van der Waals surface area contributed by atoms with Crippen LogP contribution in [-0.4, -0.2) is 63.1 Å². The fourth-order valence-electron chi connectivity index (χ4n) is 2.07. The number of sulfone groups is 1. The number of amides is 1. The number of nitrogens with zero attached hydrogens (tertiary/aromatic N) is 1. The number of hydrogen-bond acceptors (Lipinski definition) is 5. The lowest BCUT2D eigenvalue weighted by Crippen LogP contribution is -2.43. The van der Waals surface area contributed by atoms with E-state index in [0.29, 0.717) is 37.6 Å². The van der Waals surface area contributed by atoms with Crippen LogP contribution in [0.2, 0.25) is 0 Å². The number of nitrogens with one attached hydrogen (secondary N) is 3. The Morgan fingerprint density at radius 1 is 1.22 bits per heavy atom. The van der Waals surface area contributed by atoms with Crippen molar-refractivity contribution < 1.29 is 18.3 Å². The summed E-state index contributed by atoms with van der Waals surface area (Å²) in [6.07, 6.45) is 1.70. The molecule has 1 aromatic carbocycles. The number of hydrogen-bond donors (Lipinski definition) is 4. The maximum absolute atomic E-state index is 12.0. The fourth-order valence-corrected chi connectivity index (χ4v) is 2.85. The van der Waals surface area contributed by atoms with Crippen LogP contribution < -0.4 is 16.0 Å². The highest BCUT2D eigenvalue weighted by molar-refractivity contribution is 14.0. The van der Waals surface area contributed by atoms with Gasteiger partial charge in [-0.25, -0.2) is 8.42 Å². The third-order valence-corrected chi connectivity index (χ3v) is 4.42. The van der Waals surface area contributed by atoms with Crippen LogP contribution in [0.15, 0.2) is 29.3 Å². The predicted octanol–water partition coefficient (Wildman–Crippen LogP) is 1.12. The Balaban J connectivity index is 0.00000676. The molecule has 0 heterocycles. The molecule has 0 aliphatic carbocycles. The third kappa shape index (κ3) is 11.7. The van der Waals surface area contributed by atoms with E-state index in [2.05, 4.69) is 20.9 Å². The normalized spacial score (nSPS) is 12.6. The Hall–Kier alpha value is -1.56. The summed E-state index contributed by atoms with van der Waals surface area (Å²) >= 11 is 0. The van der Waals surface area contributed by atoms with Crippen LogP contribution in [0, 0.1) is 0 Å². The van der Waals surface area contributed by atoms with Crippen LogP contribution in [0.25, 0.3) is 0 Å². The number of phenolic OH excluding ortho intramolecular Hbond substituents is 1. The van der Waals surface area contributed by atoms with Crippen molar-refractivity contribution in [2.45, 2.75) is 26.3 Å². The van der Waals surface area contributed by atoms with Crippen LogP contribution >= 0.6 is 24.0 Å². The Bertz CT molecular complexity index is 708. The maximum atomic E-state index is 12.0. The minimum absolute atomic E-state index is 0. The predicted molar refractivity (Wildman–Crippen MR) is 119 cm³/mol. The lowest BCUT2D eigenvalue weighted by Gasteiger charge is -2.17. The smallest absolute Gasteiger partial charge is 0.251 e. The lowest BCUT2D eigenvalue weighted by atomic mass is 10.2. The number of guanidine groups is 1. The first kappa shape index (κ1) is 25.4. The van der Waals surface area contributed by atoms with Crippen LogP contribution in [0.4, 0.5) is 0 Å². The van der Waals surface area contributed by atoms with Gasteiger partial charge >= 0.3 is 0 Å². The minimum atomic E-state index is -2.99. The zero-order chi connectivity index (χ0) is 19.6. The summed E-state index contributed by atoms with van der Waals surface area (Å²) in [4.78, 5) is 16.3. The molecule has 1 atom stereocenters. The summed E-state index contributed by atoms with van der Waals surface area (Å²) in [5.41, 5.74) is 0.464. The molecule has 1 unspecified atom stereocenters. The summed E-state index contributed by atoms with van der Waals surface area (Å²) in [5, 5.41) is 18.2. The summed E-state index contributed by atoms with van der Waals surface area (Å²) < 4.78 is 22.5.